The summed E-state index contributed by atoms with van der Waals surface area (Å²) >= 11 is 0. The average Bonchev–Trinajstić information content (AvgIpc) is 3.35. The van der Waals surface area contributed by atoms with Crippen LogP contribution < -0.4 is 0 Å². The van der Waals surface area contributed by atoms with Gasteiger partial charge in [0.2, 0.25) is 0 Å². The molecule has 2 aliphatic rings. The van der Waals surface area contributed by atoms with E-state index < -0.39 is 0 Å². The number of Topliss-reactive ketones (excluding diaryl/α,β-unsaturated/α-hetero) is 1. The third-order valence-corrected chi connectivity index (χ3v) is 6.77. The van der Waals surface area contributed by atoms with Gasteiger partial charge in [0.15, 0.2) is 5.78 Å². The monoisotopic (exact) mass is 409 g/mol. The molecule has 1 atom stereocenters. The van der Waals surface area contributed by atoms with Crippen molar-refractivity contribution in [1.82, 2.24) is 14.4 Å². The van der Waals surface area contributed by atoms with Gasteiger partial charge in [-0.3, -0.25) is 14.6 Å². The number of aromatic nitrogens is 1. The molecule has 0 N–H and O–H groups in total. The largest absolute Gasteiger partial charge is 0.376 e. The van der Waals surface area contributed by atoms with E-state index in [2.05, 4.69) is 65.5 Å². The minimum atomic E-state index is 0.244. The van der Waals surface area contributed by atoms with Crippen LogP contribution in [0.1, 0.15) is 45.7 Å². The maximum atomic E-state index is 13.1. The van der Waals surface area contributed by atoms with Gasteiger partial charge < -0.3 is 9.30 Å². The van der Waals surface area contributed by atoms with Gasteiger partial charge in [-0.15, -0.1) is 0 Å². The van der Waals surface area contributed by atoms with Gasteiger partial charge in [-0.25, -0.2) is 0 Å². The Morgan fingerprint density at radius 1 is 1.07 bits per heavy atom. The van der Waals surface area contributed by atoms with Gasteiger partial charge in [0.25, 0.3) is 0 Å². The van der Waals surface area contributed by atoms with E-state index in [0.717, 1.165) is 75.7 Å². The fourth-order valence-corrected chi connectivity index (χ4v) is 4.78. The number of ketones is 1. The van der Waals surface area contributed by atoms with Gasteiger partial charge in [0.1, 0.15) is 0 Å². The van der Waals surface area contributed by atoms with Crippen LogP contribution in [-0.4, -0.2) is 65.6 Å². The van der Waals surface area contributed by atoms with E-state index >= 15 is 0 Å². The molecule has 0 spiro atoms. The molecule has 1 aromatic carbocycles. The van der Waals surface area contributed by atoms with Gasteiger partial charge >= 0.3 is 0 Å². The van der Waals surface area contributed by atoms with Crippen molar-refractivity contribution < 1.29 is 9.53 Å². The molecule has 0 saturated carbocycles. The number of hydrogen-bond acceptors (Lipinski definition) is 4. The lowest BCUT2D eigenvalue weighted by Crippen LogP contribution is -2.47. The number of nitrogens with zero attached hydrogens (tertiary/aromatic N) is 3. The maximum Gasteiger partial charge on any atom is 0.178 e. The van der Waals surface area contributed by atoms with Crippen LogP contribution in [0.2, 0.25) is 0 Å². The average molecular weight is 410 g/mol. The minimum Gasteiger partial charge on any atom is -0.376 e. The molecule has 5 heteroatoms. The standard InChI is InChI=1S/C25H35N3O2/c1-19-7-4-5-8-22(19)16-26-10-12-27(13-11-26)18-25(29)24-15-20(2)28(21(24)3)17-23-9-6-14-30-23/h4-5,7-8,15,23H,6,9-14,16-18H2,1-3H3. The highest BCUT2D eigenvalue weighted by molar-refractivity contribution is 5.99. The molecule has 4 rings (SSSR count). The summed E-state index contributed by atoms with van der Waals surface area (Å²) < 4.78 is 8.07. The predicted molar refractivity (Wildman–Crippen MR) is 120 cm³/mol. The zero-order chi connectivity index (χ0) is 21.1. The lowest BCUT2D eigenvalue weighted by molar-refractivity contribution is 0.0840. The van der Waals surface area contributed by atoms with Crippen molar-refractivity contribution in [2.45, 2.75) is 52.8 Å². The van der Waals surface area contributed by atoms with Gasteiger partial charge in [-0.05, 0) is 50.8 Å². The van der Waals surface area contributed by atoms with Gasteiger partial charge in [-0.2, -0.15) is 0 Å². The third-order valence-electron chi connectivity index (χ3n) is 6.77. The van der Waals surface area contributed by atoms with Crippen molar-refractivity contribution in [3.63, 3.8) is 0 Å². The van der Waals surface area contributed by atoms with Crippen molar-refractivity contribution in [1.29, 1.82) is 0 Å². The maximum absolute atomic E-state index is 13.1. The molecule has 0 aliphatic carbocycles. The molecule has 30 heavy (non-hydrogen) atoms. The smallest absolute Gasteiger partial charge is 0.178 e. The third kappa shape index (κ3) is 4.85. The number of ether oxygens (including phenoxy) is 1. The summed E-state index contributed by atoms with van der Waals surface area (Å²) in [6, 6.07) is 10.7. The van der Waals surface area contributed by atoms with Crippen LogP contribution >= 0.6 is 0 Å². The Morgan fingerprint density at radius 3 is 2.50 bits per heavy atom. The first kappa shape index (κ1) is 21.3. The molecule has 2 aliphatic heterocycles. The second-order valence-electron chi connectivity index (χ2n) is 8.93. The van der Waals surface area contributed by atoms with Crippen molar-refractivity contribution in [2.75, 3.05) is 39.3 Å². The van der Waals surface area contributed by atoms with E-state index in [-0.39, 0.29) is 5.78 Å². The van der Waals surface area contributed by atoms with E-state index in [1.807, 2.05) is 0 Å². The van der Waals surface area contributed by atoms with Gasteiger partial charge in [0, 0.05) is 62.8 Å². The lowest BCUT2D eigenvalue weighted by Gasteiger charge is -2.34. The summed E-state index contributed by atoms with van der Waals surface area (Å²) in [4.78, 5) is 17.9. The Labute approximate surface area is 180 Å². The minimum absolute atomic E-state index is 0.244. The normalized spacial score (nSPS) is 20.7. The number of rotatable bonds is 7. The molecule has 5 nitrogen and oxygen atoms in total. The highest BCUT2D eigenvalue weighted by Crippen LogP contribution is 2.21. The first-order valence-corrected chi connectivity index (χ1v) is 11.3. The number of benzene rings is 1. The molecule has 3 heterocycles. The van der Waals surface area contributed by atoms with E-state index in [1.54, 1.807) is 0 Å². The summed E-state index contributed by atoms with van der Waals surface area (Å²) in [5, 5.41) is 0. The first-order valence-electron chi connectivity index (χ1n) is 11.3. The Balaban J connectivity index is 1.31. The number of piperazine rings is 1. The van der Waals surface area contributed by atoms with Crippen molar-refractivity contribution in [2.24, 2.45) is 0 Å². The van der Waals surface area contributed by atoms with Crippen LogP contribution in [0.3, 0.4) is 0 Å². The summed E-state index contributed by atoms with van der Waals surface area (Å²) in [7, 11) is 0. The predicted octanol–water partition coefficient (Wildman–Crippen LogP) is 3.59. The van der Waals surface area contributed by atoms with E-state index in [9.17, 15) is 4.79 Å². The topological polar surface area (TPSA) is 37.7 Å². The van der Waals surface area contributed by atoms with Crippen LogP contribution in [-0.2, 0) is 17.8 Å². The summed E-state index contributed by atoms with van der Waals surface area (Å²) in [5.74, 6) is 0.244. The summed E-state index contributed by atoms with van der Waals surface area (Å²) in [6.07, 6.45) is 2.55. The van der Waals surface area contributed by atoms with Crippen LogP contribution in [0, 0.1) is 20.8 Å². The molecule has 0 bridgehead atoms. The summed E-state index contributed by atoms with van der Waals surface area (Å²) in [6.45, 7) is 13.5. The quantitative estimate of drug-likeness (QED) is 0.655. The van der Waals surface area contributed by atoms with Crippen molar-refractivity contribution in [3.05, 3.63) is 58.4 Å². The lowest BCUT2D eigenvalue weighted by atomic mass is 10.1. The number of aryl methyl sites for hydroxylation is 2. The van der Waals surface area contributed by atoms with Crippen molar-refractivity contribution in [3.8, 4) is 0 Å². The Bertz CT molecular complexity index is 875. The zero-order valence-corrected chi connectivity index (χ0v) is 18.7. The van der Waals surface area contributed by atoms with E-state index in [4.69, 9.17) is 4.74 Å². The molecule has 2 fully saturated rings. The van der Waals surface area contributed by atoms with Crippen LogP contribution in [0.15, 0.2) is 30.3 Å². The molecule has 2 saturated heterocycles. The first-order chi connectivity index (χ1) is 14.5. The van der Waals surface area contributed by atoms with E-state index in [1.165, 1.54) is 11.1 Å². The molecule has 0 radical (unpaired) electrons. The molecular formula is C25H35N3O2. The summed E-state index contributed by atoms with van der Waals surface area (Å²) in [5.41, 5.74) is 5.89. The van der Waals surface area contributed by atoms with Crippen LogP contribution in [0.25, 0.3) is 0 Å². The molecule has 162 valence electrons. The van der Waals surface area contributed by atoms with Crippen molar-refractivity contribution >= 4 is 5.78 Å². The fourth-order valence-electron chi connectivity index (χ4n) is 4.78. The molecule has 1 unspecified atom stereocenters. The second-order valence-corrected chi connectivity index (χ2v) is 8.93. The fraction of sp³-hybridized carbons (Fsp3) is 0.560. The van der Waals surface area contributed by atoms with E-state index in [0.29, 0.717) is 12.6 Å². The number of hydrogen-bond donors (Lipinski definition) is 0. The van der Waals surface area contributed by atoms with Gasteiger partial charge in [-0.1, -0.05) is 24.3 Å². The molecule has 1 aromatic heterocycles. The number of carbonyl (C=O) groups is 1. The SMILES string of the molecule is Cc1ccccc1CN1CCN(CC(=O)c2cc(C)n(CC3CCCO3)c2C)CC1. The highest BCUT2D eigenvalue weighted by atomic mass is 16.5. The number of carbonyl (C=O) groups excluding carboxylic acids is 1. The molecule has 0 amide bonds. The Morgan fingerprint density at radius 2 is 1.80 bits per heavy atom. The zero-order valence-electron chi connectivity index (χ0n) is 18.7. The van der Waals surface area contributed by atoms with Gasteiger partial charge in [0.05, 0.1) is 12.6 Å². The van der Waals surface area contributed by atoms with Crippen LogP contribution in [0.5, 0.6) is 0 Å². The second kappa shape index (κ2) is 9.46. The highest BCUT2D eigenvalue weighted by Gasteiger charge is 2.24. The van der Waals surface area contributed by atoms with Crippen LogP contribution in [0.4, 0.5) is 0 Å². The Kier molecular flexibility index (Phi) is 6.71. The molecular weight excluding hydrogens is 374 g/mol. The Hall–Kier alpha value is -1.95. The molecule has 2 aromatic rings.